The second-order valence-electron chi connectivity index (χ2n) is 4.58. The SMILES string of the molecule is CCOC(=O)CCC(C)(C)C(Cl)CC(Cl)(Cl)Cl. The van der Waals surface area contributed by atoms with Crippen LogP contribution in [0.15, 0.2) is 0 Å². The lowest BCUT2D eigenvalue weighted by molar-refractivity contribution is -0.143. The molecule has 0 aliphatic rings. The highest BCUT2D eigenvalue weighted by Crippen LogP contribution is 2.41. The third-order valence-corrected chi connectivity index (χ3v) is 3.75. The molecule has 0 aliphatic heterocycles. The fourth-order valence-electron chi connectivity index (χ4n) is 1.29. The summed E-state index contributed by atoms with van der Waals surface area (Å²) in [6.45, 7) is 6.05. The number of carbonyl (C=O) groups excluding carboxylic acids is 1. The lowest BCUT2D eigenvalue weighted by Crippen LogP contribution is -2.29. The highest BCUT2D eigenvalue weighted by Gasteiger charge is 2.34. The lowest BCUT2D eigenvalue weighted by atomic mass is 9.83. The Balaban J connectivity index is 4.22. The number of carbonyl (C=O) groups is 1. The molecule has 102 valence electrons. The van der Waals surface area contributed by atoms with Gasteiger partial charge in [0.2, 0.25) is 0 Å². The molecule has 0 saturated heterocycles. The van der Waals surface area contributed by atoms with E-state index >= 15 is 0 Å². The van der Waals surface area contributed by atoms with Crippen LogP contribution in [0.1, 0.15) is 40.0 Å². The van der Waals surface area contributed by atoms with Gasteiger partial charge in [-0.3, -0.25) is 4.79 Å². The fourth-order valence-corrected chi connectivity index (χ4v) is 2.33. The largest absolute Gasteiger partial charge is 0.466 e. The molecule has 0 rings (SSSR count). The molecule has 2 nitrogen and oxygen atoms in total. The molecule has 1 unspecified atom stereocenters. The summed E-state index contributed by atoms with van der Waals surface area (Å²) in [5, 5.41) is -0.315. The van der Waals surface area contributed by atoms with E-state index in [4.69, 9.17) is 51.1 Å². The van der Waals surface area contributed by atoms with Gasteiger partial charge in [-0.25, -0.2) is 0 Å². The van der Waals surface area contributed by atoms with Gasteiger partial charge >= 0.3 is 5.97 Å². The Morgan fingerprint density at radius 3 is 2.24 bits per heavy atom. The number of ether oxygens (including phenoxy) is 1. The van der Waals surface area contributed by atoms with E-state index in [9.17, 15) is 4.79 Å². The summed E-state index contributed by atoms with van der Waals surface area (Å²) in [4.78, 5) is 11.3. The highest BCUT2D eigenvalue weighted by molar-refractivity contribution is 6.67. The predicted molar refractivity (Wildman–Crippen MR) is 74.2 cm³/mol. The topological polar surface area (TPSA) is 26.3 Å². The zero-order chi connectivity index (χ0) is 13.7. The Morgan fingerprint density at radius 1 is 1.29 bits per heavy atom. The van der Waals surface area contributed by atoms with Gasteiger partial charge in [-0.15, -0.1) is 11.6 Å². The van der Waals surface area contributed by atoms with Crippen LogP contribution in [0, 0.1) is 5.41 Å². The Kier molecular flexibility index (Phi) is 7.55. The van der Waals surface area contributed by atoms with Crippen molar-refractivity contribution in [2.45, 2.75) is 49.2 Å². The molecule has 0 heterocycles. The second-order valence-corrected chi connectivity index (χ2v) is 7.62. The summed E-state index contributed by atoms with van der Waals surface area (Å²) in [6, 6.07) is 0. The van der Waals surface area contributed by atoms with E-state index in [0.29, 0.717) is 19.4 Å². The van der Waals surface area contributed by atoms with Crippen LogP contribution in [0.4, 0.5) is 0 Å². The zero-order valence-corrected chi connectivity index (χ0v) is 13.3. The minimum atomic E-state index is -1.37. The number of rotatable bonds is 6. The summed E-state index contributed by atoms with van der Waals surface area (Å²) in [5.74, 6) is -0.224. The molecule has 0 spiro atoms. The quantitative estimate of drug-likeness (QED) is 0.522. The highest BCUT2D eigenvalue weighted by atomic mass is 35.6. The average Bonchev–Trinajstić information content (AvgIpc) is 2.12. The van der Waals surface area contributed by atoms with Gasteiger partial charge in [0.15, 0.2) is 3.79 Å². The molecule has 6 heteroatoms. The molecule has 0 bridgehead atoms. The Morgan fingerprint density at radius 2 is 1.82 bits per heavy atom. The first-order chi connectivity index (χ1) is 7.58. The molecule has 0 aromatic carbocycles. The molecule has 0 saturated carbocycles. The van der Waals surface area contributed by atoms with Gasteiger partial charge in [0.25, 0.3) is 0 Å². The fraction of sp³-hybridized carbons (Fsp3) is 0.909. The number of esters is 1. The number of hydrogen-bond acceptors (Lipinski definition) is 2. The number of hydrogen-bond donors (Lipinski definition) is 0. The molecule has 0 fully saturated rings. The van der Waals surface area contributed by atoms with Crippen molar-refractivity contribution in [3.63, 3.8) is 0 Å². The van der Waals surface area contributed by atoms with Crippen molar-refractivity contribution in [1.29, 1.82) is 0 Å². The van der Waals surface area contributed by atoms with E-state index < -0.39 is 3.79 Å². The smallest absolute Gasteiger partial charge is 0.305 e. The first-order valence-electron chi connectivity index (χ1n) is 5.45. The van der Waals surface area contributed by atoms with E-state index in [2.05, 4.69) is 0 Å². The predicted octanol–water partition coefficient (Wildman–Crippen LogP) is 4.72. The van der Waals surface area contributed by atoms with Crippen molar-refractivity contribution in [3.8, 4) is 0 Å². The maximum atomic E-state index is 11.3. The lowest BCUT2D eigenvalue weighted by Gasteiger charge is -2.31. The maximum absolute atomic E-state index is 11.3. The van der Waals surface area contributed by atoms with Crippen LogP contribution in [0.5, 0.6) is 0 Å². The van der Waals surface area contributed by atoms with Gasteiger partial charge in [0.1, 0.15) is 0 Å². The molecule has 1 atom stereocenters. The van der Waals surface area contributed by atoms with Gasteiger partial charge in [-0.1, -0.05) is 48.7 Å². The van der Waals surface area contributed by atoms with Crippen molar-refractivity contribution < 1.29 is 9.53 Å². The molecule has 0 amide bonds. The zero-order valence-electron chi connectivity index (χ0n) is 10.2. The van der Waals surface area contributed by atoms with Crippen molar-refractivity contribution in [3.05, 3.63) is 0 Å². The molecule has 0 aromatic heterocycles. The van der Waals surface area contributed by atoms with Crippen molar-refractivity contribution in [1.82, 2.24) is 0 Å². The van der Waals surface area contributed by atoms with Gasteiger partial charge in [0.05, 0.1) is 6.61 Å². The standard InChI is InChI=1S/C11H18Cl4O2/c1-4-17-9(16)5-6-10(2,3)8(12)7-11(13,14)15/h8H,4-7H2,1-3H3. The molecule has 0 N–H and O–H groups in total. The summed E-state index contributed by atoms with van der Waals surface area (Å²) in [7, 11) is 0. The van der Waals surface area contributed by atoms with Gasteiger partial charge in [-0.2, -0.15) is 0 Å². The Bertz CT molecular complexity index is 248. The van der Waals surface area contributed by atoms with Crippen LogP contribution in [-0.2, 0) is 9.53 Å². The third kappa shape index (κ3) is 8.36. The van der Waals surface area contributed by atoms with Crippen molar-refractivity contribution in [2.75, 3.05) is 6.61 Å². The average molecular weight is 324 g/mol. The summed E-state index contributed by atoms with van der Waals surface area (Å²) in [5.41, 5.74) is -0.293. The van der Waals surface area contributed by atoms with E-state index in [1.54, 1.807) is 6.92 Å². The Labute approximate surface area is 123 Å². The summed E-state index contributed by atoms with van der Waals surface area (Å²) < 4.78 is 3.49. The third-order valence-electron chi connectivity index (χ3n) is 2.54. The summed E-state index contributed by atoms with van der Waals surface area (Å²) >= 11 is 23.3. The van der Waals surface area contributed by atoms with E-state index in [-0.39, 0.29) is 23.2 Å². The molecular formula is C11H18Cl4O2. The van der Waals surface area contributed by atoms with E-state index in [1.807, 2.05) is 13.8 Å². The maximum Gasteiger partial charge on any atom is 0.305 e. The van der Waals surface area contributed by atoms with Gasteiger partial charge in [0, 0.05) is 18.2 Å². The van der Waals surface area contributed by atoms with Gasteiger partial charge in [-0.05, 0) is 18.8 Å². The number of halogens is 4. The molecule has 17 heavy (non-hydrogen) atoms. The van der Waals surface area contributed by atoms with Gasteiger partial charge < -0.3 is 4.74 Å². The van der Waals surface area contributed by atoms with Crippen molar-refractivity contribution in [2.24, 2.45) is 5.41 Å². The molecule has 0 aliphatic carbocycles. The van der Waals surface area contributed by atoms with Crippen LogP contribution < -0.4 is 0 Å². The van der Waals surface area contributed by atoms with Crippen molar-refractivity contribution >= 4 is 52.4 Å². The van der Waals surface area contributed by atoms with Crippen LogP contribution in [0.3, 0.4) is 0 Å². The van der Waals surface area contributed by atoms with E-state index in [1.165, 1.54) is 0 Å². The van der Waals surface area contributed by atoms with Crippen LogP contribution in [-0.4, -0.2) is 21.7 Å². The minimum Gasteiger partial charge on any atom is -0.466 e. The van der Waals surface area contributed by atoms with Crippen LogP contribution in [0.25, 0.3) is 0 Å². The number of alkyl halides is 4. The first-order valence-corrected chi connectivity index (χ1v) is 7.02. The van der Waals surface area contributed by atoms with E-state index in [0.717, 1.165) is 0 Å². The monoisotopic (exact) mass is 322 g/mol. The normalized spacial score (nSPS) is 14.5. The minimum absolute atomic E-state index is 0.224. The first kappa shape index (κ1) is 17.6. The van der Waals surface area contributed by atoms with Crippen LogP contribution >= 0.6 is 46.4 Å². The van der Waals surface area contributed by atoms with Crippen LogP contribution in [0.2, 0.25) is 0 Å². The summed E-state index contributed by atoms with van der Waals surface area (Å²) in [6.07, 6.45) is 1.17. The Hall–Kier alpha value is 0.630. The molecule has 0 aromatic rings. The molecule has 0 radical (unpaired) electrons. The second kappa shape index (κ2) is 7.28. The molecular weight excluding hydrogens is 306 g/mol.